The van der Waals surface area contributed by atoms with Crippen LogP contribution in [-0.4, -0.2) is 35.7 Å². The highest BCUT2D eigenvalue weighted by Gasteiger charge is 2.20. The van der Waals surface area contributed by atoms with Gasteiger partial charge < -0.3 is 15.7 Å². The van der Waals surface area contributed by atoms with Gasteiger partial charge in [-0.1, -0.05) is 23.7 Å². The zero-order valence-corrected chi connectivity index (χ0v) is 10.6. The summed E-state index contributed by atoms with van der Waals surface area (Å²) in [6.07, 6.45) is 1.65. The first-order valence-corrected chi connectivity index (χ1v) is 6.44. The van der Waals surface area contributed by atoms with E-state index in [0.29, 0.717) is 0 Å². The molecule has 1 saturated heterocycles. The molecule has 0 saturated carbocycles. The quantitative estimate of drug-likeness (QED) is 0.862. The average Bonchev–Trinajstić information content (AvgIpc) is 2.73. The predicted octanol–water partition coefficient (Wildman–Crippen LogP) is 1.80. The van der Waals surface area contributed by atoms with Crippen LogP contribution in [0.3, 0.4) is 0 Å². The number of nitrogens with two attached hydrogens (primary N) is 1. The van der Waals surface area contributed by atoms with Crippen molar-refractivity contribution in [3.63, 3.8) is 0 Å². The van der Waals surface area contributed by atoms with Gasteiger partial charge in [-0.15, -0.1) is 0 Å². The SMILES string of the molecule is NC(CCN1CCC(O)C1)c1ccc(Cl)cc1. The summed E-state index contributed by atoms with van der Waals surface area (Å²) in [5.74, 6) is 0. The number of benzene rings is 1. The van der Waals surface area contributed by atoms with Gasteiger partial charge in [-0.2, -0.15) is 0 Å². The topological polar surface area (TPSA) is 49.5 Å². The van der Waals surface area contributed by atoms with E-state index in [4.69, 9.17) is 17.3 Å². The van der Waals surface area contributed by atoms with E-state index in [0.717, 1.165) is 43.1 Å². The fourth-order valence-electron chi connectivity index (χ4n) is 2.21. The van der Waals surface area contributed by atoms with Gasteiger partial charge in [0.05, 0.1) is 6.10 Å². The normalized spacial score (nSPS) is 22.9. The molecule has 3 nitrogen and oxygen atoms in total. The smallest absolute Gasteiger partial charge is 0.0679 e. The van der Waals surface area contributed by atoms with Crippen molar-refractivity contribution in [2.45, 2.75) is 25.0 Å². The van der Waals surface area contributed by atoms with Crippen molar-refractivity contribution in [2.24, 2.45) is 5.73 Å². The molecule has 2 atom stereocenters. The fraction of sp³-hybridized carbons (Fsp3) is 0.538. The Balaban J connectivity index is 1.81. The molecule has 2 unspecified atom stereocenters. The van der Waals surface area contributed by atoms with Gasteiger partial charge in [0.15, 0.2) is 0 Å². The van der Waals surface area contributed by atoms with Crippen LogP contribution in [0.2, 0.25) is 5.02 Å². The molecule has 0 aliphatic carbocycles. The molecule has 0 amide bonds. The highest BCUT2D eigenvalue weighted by Crippen LogP contribution is 2.18. The largest absolute Gasteiger partial charge is 0.392 e. The molecule has 1 heterocycles. The van der Waals surface area contributed by atoms with Gasteiger partial charge >= 0.3 is 0 Å². The van der Waals surface area contributed by atoms with E-state index in [1.54, 1.807) is 0 Å². The molecule has 2 rings (SSSR count). The Morgan fingerprint density at radius 3 is 2.71 bits per heavy atom. The molecule has 1 aromatic carbocycles. The van der Waals surface area contributed by atoms with Crippen LogP contribution in [0.15, 0.2) is 24.3 Å². The molecule has 0 aromatic heterocycles. The standard InChI is InChI=1S/C13H19ClN2O/c14-11-3-1-10(2-4-11)13(15)6-8-16-7-5-12(17)9-16/h1-4,12-13,17H,5-9,15H2. The van der Waals surface area contributed by atoms with E-state index in [2.05, 4.69) is 4.90 Å². The summed E-state index contributed by atoms with van der Waals surface area (Å²) in [5.41, 5.74) is 7.25. The highest BCUT2D eigenvalue weighted by atomic mass is 35.5. The van der Waals surface area contributed by atoms with Crippen molar-refractivity contribution in [1.29, 1.82) is 0 Å². The summed E-state index contributed by atoms with van der Waals surface area (Å²) in [6.45, 7) is 2.71. The maximum Gasteiger partial charge on any atom is 0.0679 e. The van der Waals surface area contributed by atoms with Crippen LogP contribution in [0.25, 0.3) is 0 Å². The lowest BCUT2D eigenvalue weighted by Crippen LogP contribution is -2.26. The van der Waals surface area contributed by atoms with E-state index in [1.807, 2.05) is 24.3 Å². The Kier molecular flexibility index (Phi) is 4.40. The second kappa shape index (κ2) is 5.83. The maximum absolute atomic E-state index is 9.42. The van der Waals surface area contributed by atoms with Crippen LogP contribution in [0.5, 0.6) is 0 Å². The third-order valence-electron chi connectivity index (χ3n) is 3.30. The lowest BCUT2D eigenvalue weighted by molar-refractivity contribution is 0.175. The van der Waals surface area contributed by atoms with Crippen LogP contribution in [0.4, 0.5) is 0 Å². The number of hydrogen-bond donors (Lipinski definition) is 2. The summed E-state index contributed by atoms with van der Waals surface area (Å²) in [4.78, 5) is 2.26. The molecule has 94 valence electrons. The van der Waals surface area contributed by atoms with Gasteiger partial charge in [0.2, 0.25) is 0 Å². The van der Waals surface area contributed by atoms with E-state index in [9.17, 15) is 5.11 Å². The molecule has 17 heavy (non-hydrogen) atoms. The molecule has 0 bridgehead atoms. The van der Waals surface area contributed by atoms with Gasteiger partial charge in [-0.05, 0) is 30.5 Å². The third kappa shape index (κ3) is 3.68. The summed E-state index contributed by atoms with van der Waals surface area (Å²) in [7, 11) is 0. The summed E-state index contributed by atoms with van der Waals surface area (Å²) < 4.78 is 0. The second-order valence-corrected chi connectivity index (χ2v) is 5.13. The summed E-state index contributed by atoms with van der Waals surface area (Å²) in [5, 5.41) is 10.2. The van der Waals surface area contributed by atoms with Crippen LogP contribution in [-0.2, 0) is 0 Å². The van der Waals surface area contributed by atoms with Crippen molar-refractivity contribution in [3.8, 4) is 0 Å². The Hall–Kier alpha value is -0.610. The number of β-amino-alcohol motifs (C(OH)–C–C–N with tert-alkyl or cyclic N) is 1. The molecule has 1 aliphatic heterocycles. The molecule has 0 spiro atoms. The molecular formula is C13H19ClN2O. The minimum atomic E-state index is -0.151. The number of nitrogens with zero attached hydrogens (tertiary/aromatic N) is 1. The molecule has 1 aliphatic rings. The molecular weight excluding hydrogens is 236 g/mol. The Labute approximate surface area is 107 Å². The fourth-order valence-corrected chi connectivity index (χ4v) is 2.34. The monoisotopic (exact) mass is 254 g/mol. The van der Waals surface area contributed by atoms with E-state index in [-0.39, 0.29) is 12.1 Å². The maximum atomic E-state index is 9.42. The number of halogens is 1. The van der Waals surface area contributed by atoms with Crippen molar-refractivity contribution in [2.75, 3.05) is 19.6 Å². The summed E-state index contributed by atoms with van der Waals surface area (Å²) in [6, 6.07) is 7.75. The number of hydrogen-bond acceptors (Lipinski definition) is 3. The van der Waals surface area contributed by atoms with Crippen molar-refractivity contribution >= 4 is 11.6 Å². The predicted molar refractivity (Wildman–Crippen MR) is 70.1 cm³/mol. The first-order valence-electron chi connectivity index (χ1n) is 6.06. The number of aliphatic hydroxyl groups is 1. The highest BCUT2D eigenvalue weighted by molar-refractivity contribution is 6.30. The third-order valence-corrected chi connectivity index (χ3v) is 3.55. The van der Waals surface area contributed by atoms with E-state index in [1.165, 1.54) is 0 Å². The first kappa shape index (κ1) is 12.8. The van der Waals surface area contributed by atoms with Gasteiger partial charge in [0, 0.05) is 30.7 Å². The Morgan fingerprint density at radius 1 is 1.41 bits per heavy atom. The molecule has 4 heteroatoms. The van der Waals surface area contributed by atoms with Gasteiger partial charge in [-0.3, -0.25) is 0 Å². The van der Waals surface area contributed by atoms with Crippen LogP contribution in [0.1, 0.15) is 24.4 Å². The average molecular weight is 255 g/mol. The minimum Gasteiger partial charge on any atom is -0.392 e. The molecule has 0 radical (unpaired) electrons. The number of rotatable bonds is 4. The van der Waals surface area contributed by atoms with Crippen molar-refractivity contribution < 1.29 is 5.11 Å². The van der Waals surface area contributed by atoms with Crippen LogP contribution < -0.4 is 5.73 Å². The van der Waals surface area contributed by atoms with Crippen LogP contribution in [0, 0.1) is 0 Å². The second-order valence-electron chi connectivity index (χ2n) is 4.69. The molecule has 3 N–H and O–H groups in total. The van der Waals surface area contributed by atoms with Crippen molar-refractivity contribution in [3.05, 3.63) is 34.9 Å². The lowest BCUT2D eigenvalue weighted by Gasteiger charge is -2.18. The lowest BCUT2D eigenvalue weighted by atomic mass is 10.0. The van der Waals surface area contributed by atoms with E-state index >= 15 is 0 Å². The summed E-state index contributed by atoms with van der Waals surface area (Å²) >= 11 is 5.84. The van der Waals surface area contributed by atoms with Crippen molar-refractivity contribution in [1.82, 2.24) is 4.90 Å². The van der Waals surface area contributed by atoms with Gasteiger partial charge in [-0.25, -0.2) is 0 Å². The Morgan fingerprint density at radius 2 is 2.12 bits per heavy atom. The number of aliphatic hydroxyl groups excluding tert-OH is 1. The Bertz CT molecular complexity index is 355. The zero-order valence-electron chi connectivity index (χ0n) is 9.85. The van der Waals surface area contributed by atoms with Crippen LogP contribution >= 0.6 is 11.6 Å². The minimum absolute atomic E-state index is 0.0463. The zero-order chi connectivity index (χ0) is 12.3. The van der Waals surface area contributed by atoms with Gasteiger partial charge in [0.1, 0.15) is 0 Å². The molecule has 1 fully saturated rings. The molecule has 1 aromatic rings. The number of likely N-dealkylation sites (tertiary alicyclic amines) is 1. The van der Waals surface area contributed by atoms with E-state index < -0.39 is 0 Å². The van der Waals surface area contributed by atoms with Gasteiger partial charge in [0.25, 0.3) is 0 Å². The first-order chi connectivity index (χ1) is 8.15.